The number of hydrogen-bond acceptors (Lipinski definition) is 4. The van der Waals surface area contributed by atoms with Crippen molar-refractivity contribution in [2.45, 2.75) is 53.0 Å². The van der Waals surface area contributed by atoms with E-state index in [4.69, 9.17) is 5.84 Å². The molecule has 0 saturated carbocycles. The predicted octanol–water partition coefficient (Wildman–Crippen LogP) is 3.06. The highest BCUT2D eigenvalue weighted by Crippen LogP contribution is 2.38. The largest absolute Gasteiger partial charge is 0.299 e. The lowest BCUT2D eigenvalue weighted by atomic mass is 9.74. The summed E-state index contributed by atoms with van der Waals surface area (Å²) in [7, 11) is 0. The molecule has 1 amide bonds. The maximum absolute atomic E-state index is 11.6. The first-order valence-electron chi connectivity index (χ1n) is 7.86. The van der Waals surface area contributed by atoms with E-state index in [1.807, 2.05) is 6.07 Å². The van der Waals surface area contributed by atoms with Gasteiger partial charge in [0.1, 0.15) is 0 Å². The van der Waals surface area contributed by atoms with Gasteiger partial charge in [0.2, 0.25) is 0 Å². The summed E-state index contributed by atoms with van der Waals surface area (Å²) < 4.78 is 0. The second kappa shape index (κ2) is 6.90. The second-order valence-electron chi connectivity index (χ2n) is 6.15. The molecule has 0 aliphatic carbocycles. The van der Waals surface area contributed by atoms with Gasteiger partial charge in [-0.25, -0.2) is 5.84 Å². The van der Waals surface area contributed by atoms with Crippen LogP contribution in [0.4, 0.5) is 0 Å². The highest BCUT2D eigenvalue weighted by Gasteiger charge is 2.31. The summed E-state index contributed by atoms with van der Waals surface area (Å²) in [5, 5.41) is 0. The topological polar surface area (TPSA) is 58.4 Å². The number of likely N-dealkylation sites (tertiary alicyclic amines) is 1. The molecule has 3 N–H and O–H groups in total. The summed E-state index contributed by atoms with van der Waals surface area (Å²) >= 11 is 1.53. The Hall–Kier alpha value is -0.910. The van der Waals surface area contributed by atoms with Crippen LogP contribution in [0.25, 0.3) is 0 Å². The van der Waals surface area contributed by atoms with Gasteiger partial charge in [0.05, 0.1) is 4.88 Å². The molecule has 2 heterocycles. The monoisotopic (exact) mass is 309 g/mol. The molecule has 118 valence electrons. The van der Waals surface area contributed by atoms with Gasteiger partial charge in [-0.1, -0.05) is 26.7 Å². The summed E-state index contributed by atoms with van der Waals surface area (Å²) in [5.41, 5.74) is 4.03. The van der Waals surface area contributed by atoms with Crippen LogP contribution in [0.5, 0.6) is 0 Å². The first-order chi connectivity index (χ1) is 10.0. The molecular formula is C16H27N3OS. The van der Waals surface area contributed by atoms with E-state index in [1.54, 1.807) is 0 Å². The zero-order chi connectivity index (χ0) is 15.5. The molecule has 1 aromatic rings. The van der Waals surface area contributed by atoms with Crippen LogP contribution in [0, 0.1) is 12.3 Å². The van der Waals surface area contributed by atoms with Crippen molar-refractivity contribution in [1.82, 2.24) is 10.3 Å². The molecule has 1 aromatic heterocycles. The first kappa shape index (κ1) is 16.5. The molecule has 2 rings (SSSR count). The Kier molecular flexibility index (Phi) is 5.41. The number of thiophene rings is 1. The van der Waals surface area contributed by atoms with Crippen LogP contribution in [-0.2, 0) is 6.54 Å². The molecule has 4 nitrogen and oxygen atoms in total. The van der Waals surface area contributed by atoms with Gasteiger partial charge in [-0.15, -0.1) is 11.3 Å². The minimum Gasteiger partial charge on any atom is -0.299 e. The van der Waals surface area contributed by atoms with Crippen LogP contribution in [-0.4, -0.2) is 23.9 Å². The summed E-state index contributed by atoms with van der Waals surface area (Å²) in [5.74, 6) is 5.01. The number of carbonyl (C=O) groups excluding carboxylic acids is 1. The molecule has 0 radical (unpaired) electrons. The van der Waals surface area contributed by atoms with Crippen LogP contribution in [0.15, 0.2) is 6.07 Å². The minimum absolute atomic E-state index is 0.191. The van der Waals surface area contributed by atoms with Gasteiger partial charge < -0.3 is 0 Å². The van der Waals surface area contributed by atoms with Crippen molar-refractivity contribution in [3.8, 4) is 0 Å². The summed E-state index contributed by atoms with van der Waals surface area (Å²) in [6.45, 7) is 9.99. The van der Waals surface area contributed by atoms with Gasteiger partial charge in [-0.3, -0.25) is 15.1 Å². The third-order valence-electron chi connectivity index (χ3n) is 5.19. The standard InChI is InChI=1S/C16H27N3OS/c1-4-16(5-2)6-8-19(9-7-16)11-13-10-14(15(20)18-17)21-12(13)3/h10H,4-9,11,17H2,1-3H3,(H,18,20). The highest BCUT2D eigenvalue weighted by atomic mass is 32.1. The lowest BCUT2D eigenvalue weighted by Crippen LogP contribution is -2.39. The van der Waals surface area contributed by atoms with Gasteiger partial charge in [0, 0.05) is 11.4 Å². The Morgan fingerprint density at radius 1 is 1.38 bits per heavy atom. The number of aryl methyl sites for hydroxylation is 1. The average Bonchev–Trinajstić information content (AvgIpc) is 2.88. The Bertz CT molecular complexity index is 484. The van der Waals surface area contributed by atoms with Crippen molar-refractivity contribution in [3.05, 3.63) is 21.4 Å². The smallest absolute Gasteiger partial charge is 0.275 e. The number of carbonyl (C=O) groups is 1. The Morgan fingerprint density at radius 2 is 2.00 bits per heavy atom. The Balaban J connectivity index is 1.98. The van der Waals surface area contributed by atoms with Crippen molar-refractivity contribution in [3.63, 3.8) is 0 Å². The van der Waals surface area contributed by atoms with Crippen LogP contribution in [0.3, 0.4) is 0 Å². The quantitative estimate of drug-likeness (QED) is 0.499. The SMILES string of the molecule is CCC1(CC)CCN(Cc2cc(C(=O)NN)sc2C)CC1. The Morgan fingerprint density at radius 3 is 2.52 bits per heavy atom. The van der Waals surface area contributed by atoms with Gasteiger partial charge in [0.25, 0.3) is 5.91 Å². The molecule has 5 heteroatoms. The molecule has 0 spiro atoms. The normalized spacial score (nSPS) is 18.7. The molecule has 0 atom stereocenters. The van der Waals surface area contributed by atoms with E-state index in [0.717, 1.165) is 19.6 Å². The average molecular weight is 309 g/mol. The zero-order valence-corrected chi connectivity index (χ0v) is 14.2. The number of nitrogens with zero attached hydrogens (tertiary/aromatic N) is 1. The molecule has 1 aliphatic rings. The van der Waals surface area contributed by atoms with Crippen LogP contribution >= 0.6 is 11.3 Å². The fourth-order valence-electron chi connectivity index (χ4n) is 3.24. The molecule has 1 aliphatic heterocycles. The molecule has 1 saturated heterocycles. The van der Waals surface area contributed by atoms with Gasteiger partial charge >= 0.3 is 0 Å². The number of nitrogens with two attached hydrogens (primary N) is 1. The van der Waals surface area contributed by atoms with E-state index in [1.165, 1.54) is 47.5 Å². The van der Waals surface area contributed by atoms with E-state index in [0.29, 0.717) is 10.3 Å². The summed E-state index contributed by atoms with van der Waals surface area (Å²) in [4.78, 5) is 16.0. The van der Waals surface area contributed by atoms with Crippen molar-refractivity contribution in [2.75, 3.05) is 13.1 Å². The number of amides is 1. The second-order valence-corrected chi connectivity index (χ2v) is 7.41. The minimum atomic E-state index is -0.191. The van der Waals surface area contributed by atoms with Crippen LogP contribution in [0.2, 0.25) is 0 Å². The third kappa shape index (κ3) is 3.65. The Labute approximate surface area is 131 Å². The summed E-state index contributed by atoms with van der Waals surface area (Å²) in [6.07, 6.45) is 5.16. The number of nitrogens with one attached hydrogen (secondary N) is 1. The molecule has 0 aromatic carbocycles. The third-order valence-corrected chi connectivity index (χ3v) is 6.28. The first-order valence-corrected chi connectivity index (χ1v) is 8.68. The fourth-order valence-corrected chi connectivity index (χ4v) is 4.18. The lowest BCUT2D eigenvalue weighted by Gasteiger charge is -2.41. The number of nitrogen functional groups attached to an aromatic ring is 1. The number of piperidine rings is 1. The number of rotatable bonds is 5. The van der Waals surface area contributed by atoms with Crippen LogP contribution in [0.1, 0.15) is 59.6 Å². The maximum Gasteiger partial charge on any atom is 0.275 e. The van der Waals surface area contributed by atoms with Gasteiger partial charge in [-0.2, -0.15) is 0 Å². The number of hydrogen-bond donors (Lipinski definition) is 2. The highest BCUT2D eigenvalue weighted by molar-refractivity contribution is 7.14. The molecule has 21 heavy (non-hydrogen) atoms. The molecule has 0 bridgehead atoms. The maximum atomic E-state index is 11.6. The predicted molar refractivity (Wildman–Crippen MR) is 88.2 cm³/mol. The van der Waals surface area contributed by atoms with E-state index < -0.39 is 0 Å². The van der Waals surface area contributed by atoms with Crippen molar-refractivity contribution in [2.24, 2.45) is 11.3 Å². The zero-order valence-electron chi connectivity index (χ0n) is 13.4. The van der Waals surface area contributed by atoms with Crippen molar-refractivity contribution < 1.29 is 4.79 Å². The number of hydrazine groups is 1. The fraction of sp³-hybridized carbons (Fsp3) is 0.688. The van der Waals surface area contributed by atoms with Crippen molar-refractivity contribution >= 4 is 17.2 Å². The molecule has 1 fully saturated rings. The molecular weight excluding hydrogens is 282 g/mol. The summed E-state index contributed by atoms with van der Waals surface area (Å²) in [6, 6.07) is 1.99. The van der Waals surface area contributed by atoms with Crippen molar-refractivity contribution in [1.29, 1.82) is 0 Å². The van der Waals surface area contributed by atoms with E-state index in [2.05, 4.69) is 31.1 Å². The van der Waals surface area contributed by atoms with E-state index in [-0.39, 0.29) is 5.91 Å². The van der Waals surface area contributed by atoms with Crippen LogP contribution < -0.4 is 11.3 Å². The van der Waals surface area contributed by atoms with E-state index in [9.17, 15) is 4.79 Å². The van der Waals surface area contributed by atoms with Gasteiger partial charge in [-0.05, 0) is 49.9 Å². The molecule has 0 unspecified atom stereocenters. The lowest BCUT2D eigenvalue weighted by molar-refractivity contribution is 0.0908. The van der Waals surface area contributed by atoms with Gasteiger partial charge in [0.15, 0.2) is 0 Å². The van der Waals surface area contributed by atoms with E-state index >= 15 is 0 Å².